The zero-order valence-corrected chi connectivity index (χ0v) is 6.30. The largest absolute Gasteiger partial charge is 0.859 e. The molecule has 0 bridgehead atoms. The van der Waals surface area contributed by atoms with E-state index in [0.717, 1.165) is 4.91 Å². The summed E-state index contributed by atoms with van der Waals surface area (Å²) in [6, 6.07) is 0. The van der Waals surface area contributed by atoms with Crippen LogP contribution in [0.3, 0.4) is 0 Å². The van der Waals surface area contributed by atoms with Gasteiger partial charge in [-0.1, -0.05) is 0 Å². The first-order valence-corrected chi connectivity index (χ1v) is 4.29. The molecule has 0 saturated carbocycles. The number of rotatable bonds is 0. The Hall–Kier alpha value is 0.0400. The first kappa shape index (κ1) is 6.16. The van der Waals surface area contributed by atoms with Crippen LogP contribution in [0.15, 0.2) is 10.8 Å². The lowest BCUT2D eigenvalue weighted by atomic mass is 10.6. The van der Waals surface area contributed by atoms with Crippen molar-refractivity contribution in [3.63, 3.8) is 0 Å². The molecule has 0 saturated heterocycles. The summed E-state index contributed by atoms with van der Waals surface area (Å²) < 4.78 is 1.62. The van der Waals surface area contributed by atoms with E-state index in [1.807, 2.05) is 6.92 Å². The molecular formula is C4H6NOS2-. The lowest BCUT2D eigenvalue weighted by Crippen LogP contribution is -2.16. The summed E-state index contributed by atoms with van der Waals surface area (Å²) in [5.74, 6) is 0.139. The van der Waals surface area contributed by atoms with E-state index < -0.39 is 0 Å². The fourth-order valence-corrected chi connectivity index (χ4v) is 2.19. The molecule has 0 unspecified atom stereocenters. The second kappa shape index (κ2) is 2.11. The smallest absolute Gasteiger partial charge is 0.0252 e. The average Bonchev–Trinajstić information content (AvgIpc) is 1.98. The Kier molecular flexibility index (Phi) is 1.62. The van der Waals surface area contributed by atoms with Crippen LogP contribution < -0.4 is 5.11 Å². The molecule has 1 aliphatic heterocycles. The maximum atomic E-state index is 10.8. The SMILES string of the molecule is CC1=C([O-])N(C)SS1. The molecule has 0 fully saturated rings. The molecule has 0 N–H and O–H groups in total. The van der Waals surface area contributed by atoms with Crippen molar-refractivity contribution in [2.75, 3.05) is 7.05 Å². The molecule has 1 aliphatic rings. The van der Waals surface area contributed by atoms with Gasteiger partial charge in [0.15, 0.2) is 0 Å². The predicted molar refractivity (Wildman–Crippen MR) is 35.6 cm³/mol. The number of allylic oxidation sites excluding steroid dienone is 1. The molecule has 2 nitrogen and oxygen atoms in total. The summed E-state index contributed by atoms with van der Waals surface area (Å²) in [5, 5.41) is 10.8. The quantitative estimate of drug-likeness (QED) is 0.374. The molecule has 0 aliphatic carbocycles. The van der Waals surface area contributed by atoms with E-state index in [9.17, 15) is 5.11 Å². The average molecular weight is 148 g/mol. The highest BCUT2D eigenvalue weighted by atomic mass is 33.1. The van der Waals surface area contributed by atoms with Gasteiger partial charge in [0.05, 0.1) is 0 Å². The summed E-state index contributed by atoms with van der Waals surface area (Å²) in [4.78, 5) is 0.873. The lowest BCUT2D eigenvalue weighted by molar-refractivity contribution is -0.322. The summed E-state index contributed by atoms with van der Waals surface area (Å²) >= 11 is 0. The van der Waals surface area contributed by atoms with Gasteiger partial charge in [-0.15, -0.1) is 0 Å². The van der Waals surface area contributed by atoms with Crippen molar-refractivity contribution in [1.29, 1.82) is 0 Å². The van der Waals surface area contributed by atoms with Gasteiger partial charge in [-0.05, 0) is 23.6 Å². The molecule has 0 aromatic carbocycles. The molecule has 1 rings (SSSR count). The Bertz CT molecular complexity index is 134. The van der Waals surface area contributed by atoms with Crippen molar-refractivity contribution in [1.82, 2.24) is 4.31 Å². The van der Waals surface area contributed by atoms with Crippen molar-refractivity contribution < 1.29 is 5.11 Å². The Morgan fingerprint density at radius 1 is 1.62 bits per heavy atom. The van der Waals surface area contributed by atoms with Gasteiger partial charge in [0, 0.05) is 22.9 Å². The van der Waals surface area contributed by atoms with E-state index in [1.165, 1.54) is 21.8 Å². The number of nitrogens with zero attached hydrogens (tertiary/aromatic N) is 1. The molecule has 0 atom stereocenters. The zero-order valence-electron chi connectivity index (χ0n) is 4.67. The maximum Gasteiger partial charge on any atom is 0.0252 e. The molecule has 46 valence electrons. The normalized spacial score (nSPS) is 20.5. The van der Waals surface area contributed by atoms with Gasteiger partial charge in [-0.25, -0.2) is 0 Å². The van der Waals surface area contributed by atoms with Crippen molar-refractivity contribution in [3.8, 4) is 0 Å². The lowest BCUT2D eigenvalue weighted by Gasteiger charge is -2.16. The predicted octanol–water partition coefficient (Wildman–Crippen LogP) is 0.778. The first-order chi connectivity index (χ1) is 3.72. The molecule has 4 heteroatoms. The third-order valence-electron chi connectivity index (χ3n) is 0.861. The highest BCUT2D eigenvalue weighted by Gasteiger charge is 2.08. The molecule has 0 aromatic rings. The van der Waals surface area contributed by atoms with Crippen LogP contribution in [-0.2, 0) is 0 Å². The molecule has 0 radical (unpaired) electrons. The first-order valence-electron chi connectivity index (χ1n) is 2.18. The summed E-state index contributed by atoms with van der Waals surface area (Å²) in [7, 11) is 4.77. The zero-order chi connectivity index (χ0) is 6.15. The van der Waals surface area contributed by atoms with Crippen molar-refractivity contribution in [2.45, 2.75) is 6.92 Å². The van der Waals surface area contributed by atoms with Crippen LogP contribution in [0, 0.1) is 0 Å². The third kappa shape index (κ3) is 0.902. The van der Waals surface area contributed by atoms with Gasteiger partial charge in [0.1, 0.15) is 0 Å². The fraction of sp³-hybridized carbons (Fsp3) is 0.500. The Morgan fingerprint density at radius 2 is 2.25 bits per heavy atom. The van der Waals surface area contributed by atoms with Gasteiger partial charge in [-0.3, -0.25) is 0 Å². The third-order valence-corrected chi connectivity index (χ3v) is 3.39. The Balaban J connectivity index is 2.71. The van der Waals surface area contributed by atoms with E-state index in [0.29, 0.717) is 0 Å². The van der Waals surface area contributed by atoms with Crippen LogP contribution in [0.25, 0.3) is 0 Å². The number of hydrogen-bond acceptors (Lipinski definition) is 4. The minimum atomic E-state index is 0.139. The van der Waals surface area contributed by atoms with E-state index >= 15 is 0 Å². The number of hydrogen-bond donors (Lipinski definition) is 0. The van der Waals surface area contributed by atoms with Gasteiger partial charge < -0.3 is 9.41 Å². The molecule has 0 amide bonds. The van der Waals surface area contributed by atoms with Crippen LogP contribution in [-0.4, -0.2) is 11.4 Å². The second-order valence-corrected chi connectivity index (χ2v) is 3.94. The van der Waals surface area contributed by atoms with Gasteiger partial charge in [0.25, 0.3) is 0 Å². The Morgan fingerprint density at radius 3 is 2.38 bits per heavy atom. The minimum Gasteiger partial charge on any atom is -0.859 e. The highest BCUT2D eigenvalue weighted by molar-refractivity contribution is 8.77. The fourth-order valence-electron chi connectivity index (χ4n) is 0.403. The highest BCUT2D eigenvalue weighted by Crippen LogP contribution is 2.41. The Labute approximate surface area is 56.5 Å². The van der Waals surface area contributed by atoms with Crippen molar-refractivity contribution in [2.24, 2.45) is 0 Å². The van der Waals surface area contributed by atoms with Crippen LogP contribution in [0.4, 0.5) is 0 Å². The van der Waals surface area contributed by atoms with Crippen LogP contribution in [0.2, 0.25) is 0 Å². The van der Waals surface area contributed by atoms with Gasteiger partial charge in [0.2, 0.25) is 0 Å². The van der Waals surface area contributed by atoms with Crippen LogP contribution >= 0.6 is 21.8 Å². The molecule has 0 spiro atoms. The summed E-state index contributed by atoms with van der Waals surface area (Å²) in [6.45, 7) is 1.84. The van der Waals surface area contributed by atoms with E-state index in [4.69, 9.17) is 0 Å². The minimum absolute atomic E-state index is 0.139. The van der Waals surface area contributed by atoms with E-state index in [2.05, 4.69) is 0 Å². The standard InChI is InChI=1S/C4H7NOS2/c1-3-4(6)5(2)8-7-3/h6H,1-2H3/p-1. The van der Waals surface area contributed by atoms with Crippen molar-refractivity contribution >= 4 is 21.8 Å². The summed E-state index contributed by atoms with van der Waals surface area (Å²) in [5.41, 5.74) is 0. The van der Waals surface area contributed by atoms with Crippen LogP contribution in [0.5, 0.6) is 0 Å². The molecule has 0 aromatic heterocycles. The molecular weight excluding hydrogens is 142 g/mol. The molecule has 8 heavy (non-hydrogen) atoms. The molecule has 1 heterocycles. The van der Waals surface area contributed by atoms with E-state index in [1.54, 1.807) is 11.4 Å². The monoisotopic (exact) mass is 148 g/mol. The van der Waals surface area contributed by atoms with Gasteiger partial charge in [-0.2, -0.15) is 0 Å². The van der Waals surface area contributed by atoms with Crippen LogP contribution in [0.1, 0.15) is 6.92 Å². The maximum absolute atomic E-state index is 10.8. The van der Waals surface area contributed by atoms with Gasteiger partial charge >= 0.3 is 0 Å². The van der Waals surface area contributed by atoms with Crippen molar-refractivity contribution in [3.05, 3.63) is 10.8 Å². The topological polar surface area (TPSA) is 26.3 Å². The summed E-state index contributed by atoms with van der Waals surface area (Å²) in [6.07, 6.45) is 0. The van der Waals surface area contributed by atoms with E-state index in [-0.39, 0.29) is 5.88 Å². The second-order valence-electron chi connectivity index (χ2n) is 1.52.